The number of rotatable bonds is 6. The van der Waals surface area contributed by atoms with E-state index in [2.05, 4.69) is 49.1 Å². The van der Waals surface area contributed by atoms with Gasteiger partial charge in [0.25, 0.3) is 0 Å². The highest BCUT2D eigenvalue weighted by Crippen LogP contribution is 2.18. The van der Waals surface area contributed by atoms with Gasteiger partial charge in [0.1, 0.15) is 0 Å². The Morgan fingerprint density at radius 3 is 2.47 bits per heavy atom. The average Bonchev–Trinajstić information content (AvgIpc) is 2.30. The van der Waals surface area contributed by atoms with Crippen molar-refractivity contribution in [1.82, 2.24) is 0 Å². The monoisotopic (exact) mass is 206 g/mol. The van der Waals surface area contributed by atoms with Crippen molar-refractivity contribution in [3.8, 4) is 0 Å². The van der Waals surface area contributed by atoms with Crippen LogP contribution in [0.15, 0.2) is 30.3 Å². The molecule has 0 heterocycles. The number of nitrogens with two attached hydrogens (primary N) is 1. The van der Waals surface area contributed by atoms with Gasteiger partial charge in [0, 0.05) is 18.3 Å². The lowest BCUT2D eigenvalue weighted by atomic mass is 10.1. The van der Waals surface area contributed by atoms with Gasteiger partial charge in [0.2, 0.25) is 0 Å². The summed E-state index contributed by atoms with van der Waals surface area (Å²) in [6.45, 7) is 6.31. The number of nitrogens with zero attached hydrogens (tertiary/aromatic N) is 1. The van der Waals surface area contributed by atoms with Crippen molar-refractivity contribution in [2.24, 2.45) is 5.73 Å². The van der Waals surface area contributed by atoms with Gasteiger partial charge in [-0.1, -0.05) is 25.1 Å². The molecule has 0 saturated carbocycles. The predicted octanol–water partition coefficient (Wildman–Crippen LogP) is 2.64. The van der Waals surface area contributed by atoms with Gasteiger partial charge >= 0.3 is 0 Å². The second-order valence-corrected chi connectivity index (χ2v) is 3.93. The van der Waals surface area contributed by atoms with Crippen LogP contribution < -0.4 is 10.6 Å². The molecule has 0 aromatic heterocycles. The van der Waals surface area contributed by atoms with E-state index >= 15 is 0 Å². The molecule has 0 aliphatic carbocycles. The highest BCUT2D eigenvalue weighted by Gasteiger charge is 2.11. The molecule has 1 rings (SSSR count). The molecule has 0 fully saturated rings. The Hall–Kier alpha value is -1.02. The molecule has 1 atom stereocenters. The molecule has 0 aliphatic heterocycles. The molecule has 0 saturated heterocycles. The van der Waals surface area contributed by atoms with E-state index in [0.717, 1.165) is 19.5 Å². The zero-order chi connectivity index (χ0) is 11.1. The minimum absolute atomic E-state index is 0.582. The number of benzene rings is 1. The van der Waals surface area contributed by atoms with E-state index < -0.39 is 0 Å². The van der Waals surface area contributed by atoms with Gasteiger partial charge in [-0.2, -0.15) is 0 Å². The van der Waals surface area contributed by atoms with Crippen molar-refractivity contribution < 1.29 is 0 Å². The molecule has 15 heavy (non-hydrogen) atoms. The van der Waals surface area contributed by atoms with Crippen LogP contribution in [-0.2, 0) is 0 Å². The van der Waals surface area contributed by atoms with Crippen LogP contribution in [0.3, 0.4) is 0 Å². The maximum Gasteiger partial charge on any atom is 0.0368 e. The van der Waals surface area contributed by atoms with Gasteiger partial charge in [-0.25, -0.2) is 0 Å². The summed E-state index contributed by atoms with van der Waals surface area (Å²) in [6.07, 6.45) is 2.22. The summed E-state index contributed by atoms with van der Waals surface area (Å²) in [5.41, 5.74) is 6.88. The maximum absolute atomic E-state index is 5.57. The van der Waals surface area contributed by atoms with Gasteiger partial charge < -0.3 is 10.6 Å². The van der Waals surface area contributed by atoms with Crippen molar-refractivity contribution >= 4 is 5.69 Å². The summed E-state index contributed by atoms with van der Waals surface area (Å²) in [5, 5.41) is 0. The van der Waals surface area contributed by atoms with Crippen LogP contribution in [0.1, 0.15) is 26.7 Å². The Morgan fingerprint density at radius 1 is 1.27 bits per heavy atom. The van der Waals surface area contributed by atoms with Crippen LogP contribution in [0.25, 0.3) is 0 Å². The SMILES string of the molecule is CCC(C)N(CCCN)c1ccccc1. The molecule has 2 nitrogen and oxygen atoms in total. The zero-order valence-corrected chi connectivity index (χ0v) is 9.82. The standard InChI is InChI=1S/C13H22N2/c1-3-12(2)15(11-7-10-14)13-8-5-4-6-9-13/h4-6,8-9,12H,3,7,10-11,14H2,1-2H3. The van der Waals surface area contributed by atoms with Crippen molar-refractivity contribution in [1.29, 1.82) is 0 Å². The van der Waals surface area contributed by atoms with E-state index in [4.69, 9.17) is 5.73 Å². The molecule has 0 radical (unpaired) electrons. The second-order valence-electron chi connectivity index (χ2n) is 3.93. The van der Waals surface area contributed by atoms with E-state index in [9.17, 15) is 0 Å². The van der Waals surface area contributed by atoms with Crippen LogP contribution in [0.5, 0.6) is 0 Å². The third kappa shape index (κ3) is 3.56. The summed E-state index contributed by atoms with van der Waals surface area (Å²) in [7, 11) is 0. The minimum Gasteiger partial charge on any atom is -0.369 e. The molecule has 0 amide bonds. The third-order valence-corrected chi connectivity index (χ3v) is 2.81. The Morgan fingerprint density at radius 2 is 1.93 bits per heavy atom. The molecule has 2 heteroatoms. The van der Waals surface area contributed by atoms with Crippen molar-refractivity contribution in [2.75, 3.05) is 18.0 Å². The molecule has 0 spiro atoms. The van der Waals surface area contributed by atoms with E-state index in [1.54, 1.807) is 0 Å². The predicted molar refractivity (Wildman–Crippen MR) is 67.2 cm³/mol. The molecule has 2 N–H and O–H groups in total. The first-order valence-electron chi connectivity index (χ1n) is 5.81. The van der Waals surface area contributed by atoms with Crippen LogP contribution in [0.4, 0.5) is 5.69 Å². The Bertz CT molecular complexity index is 258. The number of anilines is 1. The Labute approximate surface area is 93.1 Å². The normalized spacial score (nSPS) is 12.5. The smallest absolute Gasteiger partial charge is 0.0368 e. The molecular weight excluding hydrogens is 184 g/mol. The highest BCUT2D eigenvalue weighted by atomic mass is 15.2. The van der Waals surface area contributed by atoms with E-state index in [1.807, 2.05) is 0 Å². The summed E-state index contributed by atoms with van der Waals surface area (Å²) < 4.78 is 0. The molecule has 1 unspecified atom stereocenters. The van der Waals surface area contributed by atoms with Crippen LogP contribution in [0, 0.1) is 0 Å². The summed E-state index contributed by atoms with van der Waals surface area (Å²) in [4.78, 5) is 2.44. The Balaban J connectivity index is 2.72. The number of para-hydroxylation sites is 1. The molecule has 84 valence electrons. The van der Waals surface area contributed by atoms with Crippen LogP contribution in [-0.4, -0.2) is 19.1 Å². The topological polar surface area (TPSA) is 29.3 Å². The van der Waals surface area contributed by atoms with Crippen molar-refractivity contribution in [3.05, 3.63) is 30.3 Å². The molecular formula is C13H22N2. The Kier molecular flexibility index (Phi) is 5.19. The van der Waals surface area contributed by atoms with Crippen LogP contribution >= 0.6 is 0 Å². The third-order valence-electron chi connectivity index (χ3n) is 2.81. The van der Waals surface area contributed by atoms with E-state index in [-0.39, 0.29) is 0 Å². The van der Waals surface area contributed by atoms with Crippen LogP contribution in [0.2, 0.25) is 0 Å². The fourth-order valence-corrected chi connectivity index (χ4v) is 1.71. The first kappa shape index (κ1) is 12.1. The van der Waals surface area contributed by atoms with Gasteiger partial charge in [0.15, 0.2) is 0 Å². The van der Waals surface area contributed by atoms with Gasteiger partial charge in [-0.15, -0.1) is 0 Å². The average molecular weight is 206 g/mol. The molecule has 1 aromatic rings. The van der Waals surface area contributed by atoms with Crippen molar-refractivity contribution in [2.45, 2.75) is 32.7 Å². The van der Waals surface area contributed by atoms with Gasteiger partial charge in [-0.05, 0) is 38.4 Å². The minimum atomic E-state index is 0.582. The highest BCUT2D eigenvalue weighted by molar-refractivity contribution is 5.46. The summed E-state index contributed by atoms with van der Waals surface area (Å²) in [5.74, 6) is 0. The lowest BCUT2D eigenvalue weighted by Crippen LogP contribution is -2.34. The second kappa shape index (κ2) is 6.46. The number of hydrogen-bond acceptors (Lipinski definition) is 2. The fourth-order valence-electron chi connectivity index (χ4n) is 1.71. The molecule has 0 aliphatic rings. The maximum atomic E-state index is 5.57. The lowest BCUT2D eigenvalue weighted by molar-refractivity contribution is 0.602. The van der Waals surface area contributed by atoms with Crippen molar-refractivity contribution in [3.63, 3.8) is 0 Å². The summed E-state index contributed by atoms with van der Waals surface area (Å²) in [6, 6.07) is 11.2. The lowest BCUT2D eigenvalue weighted by Gasteiger charge is -2.30. The fraction of sp³-hybridized carbons (Fsp3) is 0.538. The zero-order valence-electron chi connectivity index (χ0n) is 9.82. The molecule has 0 bridgehead atoms. The van der Waals surface area contributed by atoms with Gasteiger partial charge in [0.05, 0.1) is 0 Å². The number of hydrogen-bond donors (Lipinski definition) is 1. The first-order chi connectivity index (χ1) is 7.29. The summed E-state index contributed by atoms with van der Waals surface area (Å²) >= 11 is 0. The largest absolute Gasteiger partial charge is 0.369 e. The van der Waals surface area contributed by atoms with Gasteiger partial charge in [-0.3, -0.25) is 0 Å². The molecule has 1 aromatic carbocycles. The van der Waals surface area contributed by atoms with E-state index in [0.29, 0.717) is 6.04 Å². The van der Waals surface area contributed by atoms with E-state index in [1.165, 1.54) is 12.1 Å². The first-order valence-corrected chi connectivity index (χ1v) is 5.81. The quantitative estimate of drug-likeness (QED) is 0.775.